The summed E-state index contributed by atoms with van der Waals surface area (Å²) in [7, 11) is 0. The second kappa shape index (κ2) is 6.92. The minimum Gasteiger partial charge on any atom is -0.498 e. The molecule has 1 atom stereocenters. The van der Waals surface area contributed by atoms with E-state index >= 15 is 0 Å². The van der Waals surface area contributed by atoms with Gasteiger partial charge in [-0.05, 0) is 44.6 Å². The maximum atomic E-state index is 5.67. The van der Waals surface area contributed by atoms with Gasteiger partial charge in [-0.15, -0.1) is 0 Å². The second-order valence-corrected chi connectivity index (χ2v) is 4.43. The molecule has 0 aliphatic carbocycles. The molecule has 0 spiro atoms. The van der Waals surface area contributed by atoms with Crippen LogP contribution < -0.4 is 0 Å². The molecule has 2 aliphatic rings. The average molecular weight is 226 g/mol. The van der Waals surface area contributed by atoms with Crippen LogP contribution in [0.4, 0.5) is 0 Å². The summed E-state index contributed by atoms with van der Waals surface area (Å²) in [6.07, 6.45) is 10.1. The molecule has 1 fully saturated rings. The van der Waals surface area contributed by atoms with Crippen molar-refractivity contribution in [2.24, 2.45) is 0 Å². The van der Waals surface area contributed by atoms with Crippen LogP contribution in [0, 0.1) is 0 Å². The van der Waals surface area contributed by atoms with Gasteiger partial charge in [0.15, 0.2) is 6.29 Å². The van der Waals surface area contributed by atoms with E-state index in [0.717, 1.165) is 51.3 Å². The Morgan fingerprint density at radius 1 is 1.25 bits per heavy atom. The van der Waals surface area contributed by atoms with E-state index in [0.29, 0.717) is 0 Å². The Balaban J connectivity index is 1.52. The molecule has 0 N–H and O–H groups in total. The predicted molar refractivity (Wildman–Crippen MR) is 62.0 cm³/mol. The number of ether oxygens (including phenoxy) is 3. The van der Waals surface area contributed by atoms with Gasteiger partial charge in [-0.25, -0.2) is 0 Å². The van der Waals surface area contributed by atoms with Gasteiger partial charge in [0, 0.05) is 13.0 Å². The fourth-order valence-corrected chi connectivity index (χ4v) is 2.09. The van der Waals surface area contributed by atoms with E-state index in [1.807, 2.05) is 0 Å². The minimum atomic E-state index is 0.0509. The third-order valence-corrected chi connectivity index (χ3v) is 3.02. The van der Waals surface area contributed by atoms with Crippen molar-refractivity contribution >= 4 is 0 Å². The summed E-state index contributed by atoms with van der Waals surface area (Å²) in [5.41, 5.74) is 0. The van der Waals surface area contributed by atoms with Crippen molar-refractivity contribution in [1.82, 2.24) is 0 Å². The summed E-state index contributed by atoms with van der Waals surface area (Å²) in [6, 6.07) is 0. The molecule has 2 heterocycles. The Morgan fingerprint density at radius 3 is 3.00 bits per heavy atom. The molecule has 0 aromatic carbocycles. The molecule has 1 unspecified atom stereocenters. The largest absolute Gasteiger partial charge is 0.498 e. The molecule has 92 valence electrons. The van der Waals surface area contributed by atoms with Crippen LogP contribution in [0.15, 0.2) is 11.8 Å². The molecule has 3 nitrogen and oxygen atoms in total. The number of allylic oxidation sites excluding steroid dienone is 2. The summed E-state index contributed by atoms with van der Waals surface area (Å²) in [6.45, 7) is 2.53. The van der Waals surface area contributed by atoms with Crippen molar-refractivity contribution in [3.8, 4) is 0 Å². The van der Waals surface area contributed by atoms with Gasteiger partial charge in [-0.2, -0.15) is 0 Å². The van der Waals surface area contributed by atoms with Crippen LogP contribution in [0.5, 0.6) is 0 Å². The van der Waals surface area contributed by atoms with Crippen LogP contribution in [-0.4, -0.2) is 26.1 Å². The number of rotatable bonds is 5. The van der Waals surface area contributed by atoms with Crippen LogP contribution in [0.2, 0.25) is 0 Å². The lowest BCUT2D eigenvalue weighted by molar-refractivity contribution is -0.162. The normalized spacial score (nSPS) is 26.0. The van der Waals surface area contributed by atoms with Gasteiger partial charge in [0.25, 0.3) is 0 Å². The highest BCUT2D eigenvalue weighted by Gasteiger charge is 2.13. The van der Waals surface area contributed by atoms with Crippen LogP contribution in [0.1, 0.15) is 44.9 Å². The zero-order valence-electron chi connectivity index (χ0n) is 9.95. The van der Waals surface area contributed by atoms with Gasteiger partial charge in [-0.1, -0.05) is 0 Å². The topological polar surface area (TPSA) is 27.7 Å². The predicted octanol–water partition coefficient (Wildman–Crippen LogP) is 3.00. The highest BCUT2D eigenvalue weighted by atomic mass is 16.7. The Bertz CT molecular complexity index is 219. The second-order valence-electron chi connectivity index (χ2n) is 4.43. The van der Waals surface area contributed by atoms with E-state index in [2.05, 4.69) is 6.08 Å². The van der Waals surface area contributed by atoms with Gasteiger partial charge in [0.05, 0.1) is 19.0 Å². The number of hydrogen-bond acceptors (Lipinski definition) is 3. The Hall–Kier alpha value is -0.540. The van der Waals surface area contributed by atoms with Gasteiger partial charge in [0.2, 0.25) is 0 Å². The maximum Gasteiger partial charge on any atom is 0.157 e. The molecule has 16 heavy (non-hydrogen) atoms. The third-order valence-electron chi connectivity index (χ3n) is 3.02. The summed E-state index contributed by atoms with van der Waals surface area (Å²) in [4.78, 5) is 0. The zero-order valence-corrected chi connectivity index (χ0v) is 9.95. The molecule has 2 rings (SSSR count). The van der Waals surface area contributed by atoms with Crippen molar-refractivity contribution in [3.05, 3.63) is 11.8 Å². The molecule has 0 radical (unpaired) electrons. The summed E-state index contributed by atoms with van der Waals surface area (Å²) < 4.78 is 16.7. The standard InChI is InChI=1S/C13H22O3/c1-3-9-14-12(6-1)7-5-11-16-13-8-2-4-10-15-13/h6,13H,1-5,7-11H2. The summed E-state index contributed by atoms with van der Waals surface area (Å²) in [5, 5.41) is 0. The SMILES string of the molecule is C1=C(CCCOC2CCCCO2)OCCC1. The fraction of sp³-hybridized carbons (Fsp3) is 0.846. The Kier molecular flexibility index (Phi) is 5.16. The van der Waals surface area contributed by atoms with E-state index in [1.165, 1.54) is 19.3 Å². The fourth-order valence-electron chi connectivity index (χ4n) is 2.09. The third kappa shape index (κ3) is 4.14. The first kappa shape index (κ1) is 11.9. The summed E-state index contributed by atoms with van der Waals surface area (Å²) in [5.74, 6) is 1.15. The van der Waals surface area contributed by atoms with Gasteiger partial charge in [-0.3, -0.25) is 0 Å². The molecule has 0 bridgehead atoms. The first-order valence-corrected chi connectivity index (χ1v) is 6.50. The highest BCUT2D eigenvalue weighted by Crippen LogP contribution is 2.17. The van der Waals surface area contributed by atoms with Crippen LogP contribution >= 0.6 is 0 Å². The Labute approximate surface area is 97.8 Å². The molecule has 1 saturated heterocycles. The van der Waals surface area contributed by atoms with Gasteiger partial charge >= 0.3 is 0 Å². The molecular weight excluding hydrogens is 204 g/mol. The molecule has 0 aromatic heterocycles. The smallest absolute Gasteiger partial charge is 0.157 e. The lowest BCUT2D eigenvalue weighted by Gasteiger charge is -2.22. The number of hydrogen-bond donors (Lipinski definition) is 0. The van der Waals surface area contributed by atoms with Crippen molar-refractivity contribution in [2.75, 3.05) is 19.8 Å². The first-order chi connectivity index (χ1) is 7.95. The van der Waals surface area contributed by atoms with E-state index in [-0.39, 0.29) is 6.29 Å². The van der Waals surface area contributed by atoms with Crippen molar-refractivity contribution in [1.29, 1.82) is 0 Å². The zero-order chi connectivity index (χ0) is 11.1. The molecule has 2 aliphatic heterocycles. The molecule has 0 aromatic rings. The van der Waals surface area contributed by atoms with Crippen LogP contribution in [0.25, 0.3) is 0 Å². The molecular formula is C13H22O3. The highest BCUT2D eigenvalue weighted by molar-refractivity contribution is 4.95. The lowest BCUT2D eigenvalue weighted by atomic mass is 10.2. The van der Waals surface area contributed by atoms with E-state index in [9.17, 15) is 0 Å². The van der Waals surface area contributed by atoms with E-state index in [4.69, 9.17) is 14.2 Å². The Morgan fingerprint density at radius 2 is 2.25 bits per heavy atom. The monoisotopic (exact) mass is 226 g/mol. The van der Waals surface area contributed by atoms with Gasteiger partial charge in [0.1, 0.15) is 0 Å². The van der Waals surface area contributed by atoms with E-state index < -0.39 is 0 Å². The summed E-state index contributed by atoms with van der Waals surface area (Å²) >= 11 is 0. The van der Waals surface area contributed by atoms with Crippen molar-refractivity contribution < 1.29 is 14.2 Å². The lowest BCUT2D eigenvalue weighted by Crippen LogP contribution is -2.22. The van der Waals surface area contributed by atoms with Crippen molar-refractivity contribution in [2.45, 2.75) is 51.2 Å². The molecule has 3 heteroatoms. The minimum absolute atomic E-state index is 0.0509. The van der Waals surface area contributed by atoms with Gasteiger partial charge < -0.3 is 14.2 Å². The van der Waals surface area contributed by atoms with Crippen LogP contribution in [-0.2, 0) is 14.2 Å². The maximum absolute atomic E-state index is 5.67. The first-order valence-electron chi connectivity index (χ1n) is 6.50. The molecule has 0 saturated carbocycles. The van der Waals surface area contributed by atoms with E-state index in [1.54, 1.807) is 0 Å². The van der Waals surface area contributed by atoms with Crippen LogP contribution in [0.3, 0.4) is 0 Å². The average Bonchev–Trinajstić information content (AvgIpc) is 2.37. The molecule has 0 amide bonds. The van der Waals surface area contributed by atoms with Crippen molar-refractivity contribution in [3.63, 3.8) is 0 Å². The quantitative estimate of drug-likeness (QED) is 0.674.